The van der Waals surface area contributed by atoms with Crippen molar-refractivity contribution in [2.75, 3.05) is 25.2 Å². The van der Waals surface area contributed by atoms with Crippen LogP contribution in [0, 0.1) is 6.92 Å². The number of carbonyl (C=O) groups is 2. The summed E-state index contributed by atoms with van der Waals surface area (Å²) in [4.78, 5) is 26.6. The SMILES string of the molecule is COc1ccc(C)cc1[C@H](C)NC(=O)CN1C(=O)CCOc2ccccc21. The second-order valence-electron chi connectivity index (χ2n) is 6.58. The van der Waals surface area contributed by atoms with E-state index >= 15 is 0 Å². The van der Waals surface area contributed by atoms with Gasteiger partial charge in [0, 0.05) is 5.56 Å². The Balaban J connectivity index is 1.76. The zero-order chi connectivity index (χ0) is 19.4. The van der Waals surface area contributed by atoms with Crippen LogP contribution in [0.25, 0.3) is 0 Å². The molecule has 0 saturated carbocycles. The monoisotopic (exact) mass is 368 g/mol. The average Bonchev–Trinajstić information content (AvgIpc) is 2.81. The Morgan fingerprint density at radius 3 is 2.85 bits per heavy atom. The van der Waals surface area contributed by atoms with Crippen molar-refractivity contribution in [1.29, 1.82) is 0 Å². The van der Waals surface area contributed by atoms with Gasteiger partial charge in [-0.15, -0.1) is 0 Å². The fraction of sp³-hybridized carbons (Fsp3) is 0.333. The van der Waals surface area contributed by atoms with Gasteiger partial charge >= 0.3 is 0 Å². The Hall–Kier alpha value is -3.02. The summed E-state index contributed by atoms with van der Waals surface area (Å²) >= 11 is 0. The van der Waals surface area contributed by atoms with Gasteiger partial charge in [-0.1, -0.05) is 29.8 Å². The predicted octanol–water partition coefficient (Wildman–Crippen LogP) is 3.00. The van der Waals surface area contributed by atoms with E-state index in [0.29, 0.717) is 18.0 Å². The number of fused-ring (bicyclic) bond motifs is 1. The molecular formula is C21H24N2O4. The average molecular weight is 368 g/mol. The number of nitrogens with zero attached hydrogens (tertiary/aromatic N) is 1. The molecule has 1 N–H and O–H groups in total. The number of benzene rings is 2. The van der Waals surface area contributed by atoms with Crippen LogP contribution in [0.5, 0.6) is 11.5 Å². The predicted molar refractivity (Wildman–Crippen MR) is 103 cm³/mol. The highest BCUT2D eigenvalue weighted by atomic mass is 16.5. The van der Waals surface area contributed by atoms with E-state index in [0.717, 1.165) is 16.9 Å². The smallest absolute Gasteiger partial charge is 0.240 e. The molecule has 6 nitrogen and oxygen atoms in total. The molecule has 6 heteroatoms. The number of methoxy groups -OCH3 is 1. The van der Waals surface area contributed by atoms with Gasteiger partial charge in [0.15, 0.2) is 0 Å². The van der Waals surface area contributed by atoms with Crippen molar-refractivity contribution in [3.05, 3.63) is 53.6 Å². The van der Waals surface area contributed by atoms with Crippen molar-refractivity contribution in [2.24, 2.45) is 0 Å². The molecule has 1 heterocycles. The molecule has 27 heavy (non-hydrogen) atoms. The van der Waals surface area contributed by atoms with Gasteiger partial charge in [-0.2, -0.15) is 0 Å². The third kappa shape index (κ3) is 4.22. The summed E-state index contributed by atoms with van der Waals surface area (Å²) in [5, 5.41) is 2.96. The van der Waals surface area contributed by atoms with Gasteiger partial charge in [-0.25, -0.2) is 0 Å². The number of para-hydroxylation sites is 2. The lowest BCUT2D eigenvalue weighted by atomic mass is 10.0. The molecule has 2 amide bonds. The summed E-state index contributed by atoms with van der Waals surface area (Å²) in [7, 11) is 1.61. The lowest BCUT2D eigenvalue weighted by molar-refractivity contribution is -0.124. The van der Waals surface area contributed by atoms with Gasteiger partial charge in [0.25, 0.3) is 0 Å². The number of anilines is 1. The number of hydrogen-bond donors (Lipinski definition) is 1. The van der Waals surface area contributed by atoms with Crippen LogP contribution in [0.4, 0.5) is 5.69 Å². The Bertz CT molecular complexity index is 850. The third-order valence-electron chi connectivity index (χ3n) is 4.56. The highest BCUT2D eigenvalue weighted by molar-refractivity contribution is 6.00. The molecule has 0 aliphatic carbocycles. The lowest BCUT2D eigenvalue weighted by Crippen LogP contribution is -2.41. The molecular weight excluding hydrogens is 344 g/mol. The van der Waals surface area contributed by atoms with Crippen LogP contribution in [0.15, 0.2) is 42.5 Å². The second kappa shape index (κ2) is 8.12. The van der Waals surface area contributed by atoms with Crippen LogP contribution in [-0.2, 0) is 9.59 Å². The molecule has 0 aromatic heterocycles. The first-order chi connectivity index (χ1) is 13.0. The lowest BCUT2D eigenvalue weighted by Gasteiger charge is -2.23. The van der Waals surface area contributed by atoms with E-state index in [9.17, 15) is 9.59 Å². The zero-order valence-electron chi connectivity index (χ0n) is 15.8. The standard InChI is InChI=1S/C21H24N2O4/c1-14-8-9-18(26-3)16(12-14)15(2)22-20(24)13-23-17-6-4-5-7-19(17)27-11-10-21(23)25/h4-9,12,15H,10-11,13H2,1-3H3,(H,22,24)/t15-/m0/s1. The first-order valence-electron chi connectivity index (χ1n) is 8.95. The summed E-state index contributed by atoms with van der Waals surface area (Å²) in [6.45, 7) is 4.14. The fourth-order valence-corrected chi connectivity index (χ4v) is 3.19. The number of ether oxygens (including phenoxy) is 2. The third-order valence-corrected chi connectivity index (χ3v) is 4.56. The number of amides is 2. The van der Waals surface area contributed by atoms with Crippen LogP contribution < -0.4 is 19.7 Å². The van der Waals surface area contributed by atoms with Crippen molar-refractivity contribution in [2.45, 2.75) is 26.3 Å². The maximum Gasteiger partial charge on any atom is 0.240 e. The second-order valence-corrected chi connectivity index (χ2v) is 6.58. The van der Waals surface area contributed by atoms with E-state index in [1.807, 2.05) is 44.2 Å². The van der Waals surface area contributed by atoms with Crippen molar-refractivity contribution < 1.29 is 19.1 Å². The summed E-state index contributed by atoms with van der Waals surface area (Å²) in [5.74, 6) is 0.967. The minimum atomic E-state index is -0.249. The van der Waals surface area contributed by atoms with Crippen molar-refractivity contribution in [3.8, 4) is 11.5 Å². The van der Waals surface area contributed by atoms with E-state index in [1.165, 1.54) is 4.90 Å². The van der Waals surface area contributed by atoms with E-state index in [-0.39, 0.29) is 30.8 Å². The van der Waals surface area contributed by atoms with Gasteiger partial charge in [-0.3, -0.25) is 14.5 Å². The Kier molecular flexibility index (Phi) is 5.64. The Labute approximate surface area is 159 Å². The van der Waals surface area contributed by atoms with Crippen LogP contribution in [0.2, 0.25) is 0 Å². The molecule has 1 aliphatic rings. The van der Waals surface area contributed by atoms with Crippen LogP contribution >= 0.6 is 0 Å². The Morgan fingerprint density at radius 2 is 2.07 bits per heavy atom. The molecule has 3 rings (SSSR count). The summed E-state index contributed by atoms with van der Waals surface area (Å²) in [6, 6.07) is 12.9. The summed E-state index contributed by atoms with van der Waals surface area (Å²) in [6.07, 6.45) is 0.239. The molecule has 0 fully saturated rings. The van der Waals surface area contributed by atoms with E-state index in [4.69, 9.17) is 9.47 Å². The number of rotatable bonds is 5. The maximum atomic E-state index is 12.7. The Morgan fingerprint density at radius 1 is 1.30 bits per heavy atom. The fourth-order valence-electron chi connectivity index (χ4n) is 3.19. The summed E-state index contributed by atoms with van der Waals surface area (Å²) < 4.78 is 11.0. The molecule has 2 aromatic carbocycles. The van der Waals surface area contributed by atoms with Crippen molar-refractivity contribution in [3.63, 3.8) is 0 Å². The van der Waals surface area contributed by atoms with Crippen LogP contribution in [0.3, 0.4) is 0 Å². The maximum absolute atomic E-state index is 12.7. The van der Waals surface area contributed by atoms with Crippen LogP contribution in [0.1, 0.15) is 30.5 Å². The van der Waals surface area contributed by atoms with Crippen molar-refractivity contribution in [1.82, 2.24) is 5.32 Å². The summed E-state index contributed by atoms with van der Waals surface area (Å²) in [5.41, 5.74) is 2.60. The van der Waals surface area contributed by atoms with Gasteiger partial charge in [0.1, 0.15) is 18.0 Å². The molecule has 1 aliphatic heterocycles. The van der Waals surface area contributed by atoms with E-state index in [2.05, 4.69) is 5.32 Å². The van der Waals surface area contributed by atoms with E-state index < -0.39 is 0 Å². The molecule has 0 bridgehead atoms. The minimum Gasteiger partial charge on any atom is -0.496 e. The van der Waals surface area contributed by atoms with Crippen LogP contribution in [-0.4, -0.2) is 32.1 Å². The molecule has 142 valence electrons. The molecule has 0 spiro atoms. The molecule has 1 atom stereocenters. The number of hydrogen-bond acceptors (Lipinski definition) is 4. The zero-order valence-corrected chi connectivity index (χ0v) is 15.8. The highest BCUT2D eigenvalue weighted by Crippen LogP contribution is 2.31. The largest absolute Gasteiger partial charge is 0.496 e. The first kappa shape index (κ1) is 18.8. The van der Waals surface area contributed by atoms with Gasteiger partial charge < -0.3 is 14.8 Å². The topological polar surface area (TPSA) is 67.9 Å². The molecule has 2 aromatic rings. The van der Waals surface area contributed by atoms with E-state index in [1.54, 1.807) is 19.2 Å². The van der Waals surface area contributed by atoms with Gasteiger partial charge in [0.2, 0.25) is 11.8 Å². The molecule has 0 radical (unpaired) electrons. The number of aryl methyl sites for hydroxylation is 1. The quantitative estimate of drug-likeness (QED) is 0.881. The normalized spacial score (nSPS) is 14.6. The molecule has 0 saturated heterocycles. The first-order valence-corrected chi connectivity index (χ1v) is 8.95. The van der Waals surface area contributed by atoms with Gasteiger partial charge in [0.05, 0.1) is 31.9 Å². The van der Waals surface area contributed by atoms with Crippen molar-refractivity contribution >= 4 is 17.5 Å². The number of nitrogens with one attached hydrogen (secondary N) is 1. The van der Waals surface area contributed by atoms with Gasteiger partial charge in [-0.05, 0) is 32.0 Å². The minimum absolute atomic E-state index is 0.0579. The molecule has 0 unspecified atom stereocenters. The highest BCUT2D eigenvalue weighted by Gasteiger charge is 2.25. The number of carbonyl (C=O) groups excluding carboxylic acids is 2.